The van der Waals surface area contributed by atoms with E-state index in [1.165, 1.54) is 0 Å². The van der Waals surface area contributed by atoms with Crippen molar-refractivity contribution in [3.8, 4) is 0 Å². The highest BCUT2D eigenvalue weighted by Gasteiger charge is 2.31. The van der Waals surface area contributed by atoms with Crippen molar-refractivity contribution in [1.82, 2.24) is 9.97 Å². The summed E-state index contributed by atoms with van der Waals surface area (Å²) in [6, 6.07) is 0. The first-order valence-corrected chi connectivity index (χ1v) is 3.65. The molecule has 9 heteroatoms. The van der Waals surface area contributed by atoms with Crippen LogP contribution in [0.3, 0.4) is 0 Å². The van der Waals surface area contributed by atoms with Crippen LogP contribution >= 0.6 is 0 Å². The molecule has 0 aromatic carbocycles. The lowest BCUT2D eigenvalue weighted by Crippen LogP contribution is -2.29. The molecule has 0 amide bonds. The Hall–Kier alpha value is -2.32. The number of nitrogens with two attached hydrogens (primary N) is 1. The molecular formula is C5H6N6O3. The maximum atomic E-state index is 11.2. The first kappa shape index (κ1) is 8.29. The van der Waals surface area contributed by atoms with E-state index in [0.29, 0.717) is 5.01 Å². The molecule has 1 aromatic heterocycles. The molecule has 1 aromatic rings. The molecule has 2 rings (SSSR count). The third-order valence-electron chi connectivity index (χ3n) is 1.77. The molecule has 0 saturated carbocycles. The molecule has 0 unspecified atom stereocenters. The quantitative estimate of drug-likeness (QED) is 0.379. The number of hydrazine groups is 1. The topological polar surface area (TPSA) is 130 Å². The molecule has 1 aliphatic rings. The van der Waals surface area contributed by atoms with Gasteiger partial charge in [-0.3, -0.25) is 9.78 Å². The van der Waals surface area contributed by atoms with Crippen LogP contribution in [-0.2, 0) is 0 Å². The van der Waals surface area contributed by atoms with E-state index < -0.39 is 10.6 Å². The van der Waals surface area contributed by atoms with Crippen LogP contribution in [0, 0.1) is 10.1 Å². The third kappa shape index (κ3) is 1.02. The van der Waals surface area contributed by atoms with Crippen molar-refractivity contribution < 1.29 is 5.03 Å². The molecular weight excluding hydrogens is 192 g/mol. The van der Waals surface area contributed by atoms with Crippen LogP contribution in [0.5, 0.6) is 0 Å². The smallest absolute Gasteiger partial charge is 0.278 e. The van der Waals surface area contributed by atoms with Crippen molar-refractivity contribution in [1.29, 1.82) is 0 Å². The summed E-state index contributed by atoms with van der Waals surface area (Å²) in [5.74, 6) is -0.208. The van der Waals surface area contributed by atoms with E-state index in [2.05, 4.69) is 15.3 Å². The maximum Gasteiger partial charge on any atom is 0.278 e. The van der Waals surface area contributed by atoms with Crippen LogP contribution in [0.25, 0.3) is 0 Å². The fraction of sp³-hybridized carbons (Fsp3) is 0.200. The van der Waals surface area contributed by atoms with Gasteiger partial charge in [-0.05, 0) is 0 Å². The number of hydrogen-bond donors (Lipinski definition) is 3. The van der Waals surface area contributed by atoms with Crippen LogP contribution < -0.4 is 21.6 Å². The summed E-state index contributed by atoms with van der Waals surface area (Å²) < 4.78 is 0. The number of hydrogen-bond acceptors (Lipinski definition) is 6. The molecule has 9 nitrogen and oxygen atoms in total. The number of nitrogens with zero attached hydrogens (tertiary/aromatic N) is 3. The first-order valence-electron chi connectivity index (χ1n) is 3.65. The third-order valence-corrected chi connectivity index (χ3v) is 1.77. The van der Waals surface area contributed by atoms with Gasteiger partial charge < -0.3 is 11.1 Å². The summed E-state index contributed by atoms with van der Waals surface area (Å²) in [7, 11) is 0. The second-order valence-electron chi connectivity index (χ2n) is 2.62. The Balaban J connectivity index is 2.60. The van der Waals surface area contributed by atoms with Crippen molar-refractivity contribution >= 4 is 17.5 Å². The first-order chi connectivity index (χ1) is 6.59. The molecule has 14 heavy (non-hydrogen) atoms. The minimum absolute atomic E-state index is 0.0590. The van der Waals surface area contributed by atoms with Crippen LogP contribution in [0.1, 0.15) is 0 Å². The summed E-state index contributed by atoms with van der Waals surface area (Å²) in [5, 5.41) is 13.1. The van der Waals surface area contributed by atoms with Crippen LogP contribution in [0.2, 0.25) is 0 Å². The standard InChI is InChI=1S/C5H6N6O3/c6-5-8-3-2(4(12)9-5)7-1-10(3)11(13)14/h7H,1H2,(H3,6,8,9,12). The second-order valence-corrected chi connectivity index (χ2v) is 2.62. The molecule has 0 saturated heterocycles. The zero-order valence-electron chi connectivity index (χ0n) is 6.85. The Morgan fingerprint density at radius 1 is 1.64 bits per heavy atom. The van der Waals surface area contributed by atoms with E-state index in [-0.39, 0.29) is 24.1 Å². The Morgan fingerprint density at radius 2 is 2.36 bits per heavy atom. The van der Waals surface area contributed by atoms with E-state index >= 15 is 0 Å². The lowest BCUT2D eigenvalue weighted by molar-refractivity contribution is -0.493. The Bertz CT molecular complexity index is 453. The monoisotopic (exact) mass is 198 g/mol. The fourth-order valence-electron chi connectivity index (χ4n) is 1.19. The Labute approximate surface area is 76.7 Å². The molecule has 2 heterocycles. The summed E-state index contributed by atoms with van der Waals surface area (Å²) in [6.07, 6.45) is 0. The van der Waals surface area contributed by atoms with Crippen LogP contribution in [0.4, 0.5) is 17.5 Å². The van der Waals surface area contributed by atoms with Gasteiger partial charge in [0.2, 0.25) is 11.8 Å². The van der Waals surface area contributed by atoms with Crippen molar-refractivity contribution in [2.24, 2.45) is 0 Å². The average molecular weight is 198 g/mol. The number of anilines is 3. The van der Waals surface area contributed by atoms with Gasteiger partial charge in [-0.15, -0.1) is 0 Å². The molecule has 4 N–H and O–H groups in total. The average Bonchev–Trinajstić information content (AvgIpc) is 2.47. The molecule has 0 spiro atoms. The number of fused-ring (bicyclic) bond motifs is 1. The minimum Gasteiger partial charge on any atom is -0.369 e. The summed E-state index contributed by atoms with van der Waals surface area (Å²) in [4.78, 5) is 27.6. The van der Waals surface area contributed by atoms with Crippen molar-refractivity contribution in [3.63, 3.8) is 0 Å². The predicted octanol–water partition coefficient (Wildman–Crippen LogP) is -1.27. The molecule has 74 valence electrons. The number of nitrogen functional groups attached to an aromatic ring is 1. The zero-order valence-corrected chi connectivity index (χ0v) is 6.85. The number of aromatic amines is 1. The van der Waals surface area contributed by atoms with Gasteiger partial charge in [-0.2, -0.15) is 4.98 Å². The second kappa shape index (κ2) is 2.58. The Morgan fingerprint density at radius 3 is 3.00 bits per heavy atom. The van der Waals surface area contributed by atoms with Gasteiger partial charge in [0.1, 0.15) is 0 Å². The minimum atomic E-state index is -0.662. The number of H-pyrrole nitrogens is 1. The normalized spacial score (nSPS) is 13.6. The van der Waals surface area contributed by atoms with Gasteiger partial charge in [-0.1, -0.05) is 5.01 Å². The number of aromatic nitrogens is 2. The fourth-order valence-corrected chi connectivity index (χ4v) is 1.19. The zero-order chi connectivity index (χ0) is 10.3. The van der Waals surface area contributed by atoms with E-state index in [1.807, 2.05) is 0 Å². The summed E-state index contributed by atoms with van der Waals surface area (Å²) >= 11 is 0. The van der Waals surface area contributed by atoms with Gasteiger partial charge in [0, 0.05) is 0 Å². The molecule has 0 radical (unpaired) electrons. The lowest BCUT2D eigenvalue weighted by atomic mass is 10.5. The largest absolute Gasteiger partial charge is 0.369 e. The van der Waals surface area contributed by atoms with Crippen molar-refractivity contribution in [2.75, 3.05) is 22.7 Å². The van der Waals surface area contributed by atoms with Gasteiger partial charge in [0.05, 0.1) is 0 Å². The van der Waals surface area contributed by atoms with Crippen LogP contribution in [0.15, 0.2) is 4.79 Å². The van der Waals surface area contributed by atoms with Crippen molar-refractivity contribution in [3.05, 3.63) is 20.5 Å². The molecule has 0 aliphatic carbocycles. The number of nitro groups is 1. The summed E-state index contributed by atoms with van der Waals surface area (Å²) in [6.45, 7) is -0.0954. The highest BCUT2D eigenvalue weighted by atomic mass is 16.7. The number of rotatable bonds is 1. The Kier molecular flexibility index (Phi) is 1.53. The molecule has 1 aliphatic heterocycles. The van der Waals surface area contributed by atoms with Gasteiger partial charge in [0.15, 0.2) is 17.4 Å². The van der Waals surface area contributed by atoms with Gasteiger partial charge in [0.25, 0.3) is 5.56 Å². The number of nitrogens with one attached hydrogen (secondary N) is 2. The maximum absolute atomic E-state index is 11.2. The van der Waals surface area contributed by atoms with E-state index in [1.54, 1.807) is 0 Å². The summed E-state index contributed by atoms with van der Waals surface area (Å²) in [5.41, 5.74) is 4.80. The highest BCUT2D eigenvalue weighted by molar-refractivity contribution is 5.68. The SMILES string of the molecule is Nc1nc2c(c(=O)[nH]1)NCN2[N+](=O)[O-]. The predicted molar refractivity (Wildman–Crippen MR) is 47.2 cm³/mol. The molecule has 0 atom stereocenters. The lowest BCUT2D eigenvalue weighted by Gasteiger charge is -2.03. The van der Waals surface area contributed by atoms with E-state index in [9.17, 15) is 14.9 Å². The van der Waals surface area contributed by atoms with E-state index in [0.717, 1.165) is 0 Å². The van der Waals surface area contributed by atoms with Gasteiger partial charge in [-0.25, -0.2) is 10.1 Å². The van der Waals surface area contributed by atoms with Crippen molar-refractivity contribution in [2.45, 2.75) is 0 Å². The molecule has 0 fully saturated rings. The van der Waals surface area contributed by atoms with Crippen LogP contribution in [-0.4, -0.2) is 21.7 Å². The highest BCUT2D eigenvalue weighted by Crippen LogP contribution is 2.24. The van der Waals surface area contributed by atoms with Gasteiger partial charge >= 0.3 is 0 Å². The van der Waals surface area contributed by atoms with E-state index in [4.69, 9.17) is 5.73 Å². The molecule has 0 bridgehead atoms.